The maximum absolute atomic E-state index is 14.1. The van der Waals surface area contributed by atoms with Crippen molar-refractivity contribution in [2.24, 2.45) is 17.8 Å². The van der Waals surface area contributed by atoms with E-state index in [2.05, 4.69) is 5.32 Å². The molecule has 6 unspecified atom stereocenters. The molecule has 0 spiro atoms. The number of amides is 1. The number of rotatable bonds is 12. The van der Waals surface area contributed by atoms with Crippen molar-refractivity contribution >= 4 is 5.91 Å². The summed E-state index contributed by atoms with van der Waals surface area (Å²) in [6.45, 7) is 8.07. The highest BCUT2D eigenvalue weighted by Gasteiger charge is 2.46. The van der Waals surface area contributed by atoms with Gasteiger partial charge in [-0.3, -0.25) is 4.79 Å². The largest absolute Gasteiger partial charge is 0.394 e. The molecule has 206 valence electrons. The minimum Gasteiger partial charge on any atom is -0.394 e. The van der Waals surface area contributed by atoms with Crippen LogP contribution in [0.4, 0.5) is 4.39 Å². The normalized spacial score (nSPS) is 29.7. The number of benzene rings is 1. The molecule has 1 aliphatic heterocycles. The van der Waals surface area contributed by atoms with E-state index in [-0.39, 0.29) is 23.7 Å². The molecular weight excluding hydrogens is 473 g/mol. The number of carbonyl (C=O) groups excluding carboxylic acids is 1. The lowest BCUT2D eigenvalue weighted by Crippen LogP contribution is -2.59. The topological polar surface area (TPSA) is 149 Å². The highest BCUT2D eigenvalue weighted by atomic mass is 19.1. The van der Waals surface area contributed by atoms with Crippen molar-refractivity contribution in [3.05, 3.63) is 35.9 Å². The zero-order valence-electron chi connectivity index (χ0n) is 21.6. The summed E-state index contributed by atoms with van der Waals surface area (Å²) in [6, 6.07) is 8.37. The molecule has 1 heterocycles. The molecule has 1 aliphatic rings. The Bertz CT molecular complexity index is 797. The summed E-state index contributed by atoms with van der Waals surface area (Å²) in [6.07, 6.45) is -11.2. The van der Waals surface area contributed by atoms with Crippen LogP contribution in [0.1, 0.15) is 46.1 Å². The fourth-order valence-corrected chi connectivity index (χ4v) is 4.13. The Balaban J connectivity index is 2.17. The van der Waals surface area contributed by atoms with Crippen molar-refractivity contribution in [2.75, 3.05) is 13.2 Å². The summed E-state index contributed by atoms with van der Waals surface area (Å²) in [4.78, 5) is 13.1. The molecular formula is C26H42FNO8. The van der Waals surface area contributed by atoms with Gasteiger partial charge in [0.15, 0.2) is 12.5 Å². The molecule has 11 atom stereocenters. The zero-order chi connectivity index (χ0) is 27.2. The van der Waals surface area contributed by atoms with Crippen molar-refractivity contribution in [1.29, 1.82) is 0 Å². The maximum Gasteiger partial charge on any atom is 0.223 e. The summed E-state index contributed by atoms with van der Waals surface area (Å²) >= 11 is 0. The smallest absolute Gasteiger partial charge is 0.223 e. The van der Waals surface area contributed by atoms with E-state index in [4.69, 9.17) is 9.47 Å². The monoisotopic (exact) mass is 515 g/mol. The second kappa shape index (κ2) is 13.8. The van der Waals surface area contributed by atoms with Gasteiger partial charge in [-0.15, -0.1) is 0 Å². The molecule has 0 bridgehead atoms. The van der Waals surface area contributed by atoms with Gasteiger partial charge in [-0.1, -0.05) is 65.0 Å². The van der Waals surface area contributed by atoms with E-state index >= 15 is 0 Å². The molecule has 1 aromatic carbocycles. The quantitative estimate of drug-likeness (QED) is 0.239. The minimum absolute atomic E-state index is 0.0365. The van der Waals surface area contributed by atoms with Crippen LogP contribution in [0.25, 0.3) is 0 Å². The number of ether oxygens (including phenoxy) is 2. The molecule has 1 amide bonds. The Morgan fingerprint density at radius 3 is 2.22 bits per heavy atom. The minimum atomic E-state index is -2.01. The van der Waals surface area contributed by atoms with Crippen LogP contribution in [0.15, 0.2) is 30.3 Å². The second-order valence-corrected chi connectivity index (χ2v) is 10.2. The Labute approximate surface area is 212 Å². The predicted molar refractivity (Wildman–Crippen MR) is 131 cm³/mol. The molecule has 2 rings (SSSR count). The van der Waals surface area contributed by atoms with Gasteiger partial charge in [0.05, 0.1) is 25.4 Å². The third-order valence-electron chi connectivity index (χ3n) is 7.41. The fraction of sp³-hybridized carbons (Fsp3) is 0.731. The van der Waals surface area contributed by atoms with Gasteiger partial charge < -0.3 is 40.3 Å². The number of carbonyl (C=O) groups is 1. The molecule has 1 saturated heterocycles. The van der Waals surface area contributed by atoms with Gasteiger partial charge in [-0.05, 0) is 23.3 Å². The van der Waals surface area contributed by atoms with Crippen molar-refractivity contribution in [2.45, 2.75) is 89.6 Å². The molecule has 6 N–H and O–H groups in total. The van der Waals surface area contributed by atoms with Gasteiger partial charge in [0, 0.05) is 5.92 Å². The van der Waals surface area contributed by atoms with Crippen LogP contribution in [-0.4, -0.2) is 93.7 Å². The summed E-state index contributed by atoms with van der Waals surface area (Å²) in [5.41, 5.74) is 0.963. The van der Waals surface area contributed by atoms with Gasteiger partial charge in [-0.2, -0.15) is 0 Å². The van der Waals surface area contributed by atoms with Crippen molar-refractivity contribution in [3.63, 3.8) is 0 Å². The Kier molecular flexibility index (Phi) is 11.7. The van der Waals surface area contributed by atoms with E-state index in [1.54, 1.807) is 13.8 Å². The van der Waals surface area contributed by atoms with Crippen LogP contribution in [0.5, 0.6) is 0 Å². The first-order valence-corrected chi connectivity index (χ1v) is 12.5. The van der Waals surface area contributed by atoms with Crippen LogP contribution in [0, 0.1) is 17.8 Å². The SMILES string of the molecule is CC(C)C(C)[C@@H](O)[C@@H](O)[C@H](CO[C@H]1OC(CO)[C@@H](F)C(O)C1O)NC(=O)C(C)C(C)c1ccccc1. The summed E-state index contributed by atoms with van der Waals surface area (Å²) in [5, 5.41) is 53.9. The van der Waals surface area contributed by atoms with E-state index in [1.165, 1.54) is 0 Å². The molecule has 0 saturated carbocycles. The maximum atomic E-state index is 14.1. The lowest BCUT2D eigenvalue weighted by molar-refractivity contribution is -0.293. The molecule has 0 aromatic heterocycles. The van der Waals surface area contributed by atoms with Gasteiger partial charge in [0.25, 0.3) is 0 Å². The third kappa shape index (κ3) is 7.44. The second-order valence-electron chi connectivity index (χ2n) is 10.2. The lowest BCUT2D eigenvalue weighted by Gasteiger charge is -2.39. The highest BCUT2D eigenvalue weighted by Crippen LogP contribution is 2.27. The summed E-state index contributed by atoms with van der Waals surface area (Å²) < 4.78 is 24.8. The number of aliphatic hydroxyl groups excluding tert-OH is 5. The van der Waals surface area contributed by atoms with Crippen LogP contribution in [-0.2, 0) is 14.3 Å². The predicted octanol–water partition coefficient (Wildman–Crippen LogP) is 0.719. The molecule has 1 aromatic rings. The van der Waals surface area contributed by atoms with Crippen LogP contribution >= 0.6 is 0 Å². The average molecular weight is 516 g/mol. The number of nitrogens with one attached hydrogen (secondary N) is 1. The first-order valence-electron chi connectivity index (χ1n) is 12.5. The van der Waals surface area contributed by atoms with Crippen molar-refractivity contribution in [3.8, 4) is 0 Å². The lowest BCUT2D eigenvalue weighted by atomic mass is 9.86. The Morgan fingerprint density at radius 2 is 1.67 bits per heavy atom. The molecule has 0 radical (unpaired) electrons. The summed E-state index contributed by atoms with van der Waals surface area (Å²) in [7, 11) is 0. The standard InChI is InChI=1S/C26H42FNO8/c1-13(2)14(3)21(30)22(31)18(12-35-26-24(33)23(32)20(27)19(11-29)36-26)28-25(34)16(5)15(4)17-9-7-6-8-10-17/h6-10,13-16,18-24,26,29-33H,11-12H2,1-5H3,(H,28,34)/t14?,15?,16?,18-,19?,20+,21+,22-,23?,24?,26-/m0/s1. The van der Waals surface area contributed by atoms with Gasteiger partial charge in [0.1, 0.15) is 24.4 Å². The van der Waals surface area contributed by atoms with Crippen molar-refractivity contribution in [1.82, 2.24) is 5.32 Å². The van der Waals surface area contributed by atoms with Gasteiger partial charge in [-0.25, -0.2) is 4.39 Å². The first-order chi connectivity index (χ1) is 16.9. The van der Waals surface area contributed by atoms with E-state index < -0.39 is 68.2 Å². The molecule has 9 nitrogen and oxygen atoms in total. The number of hydrogen-bond acceptors (Lipinski definition) is 8. The Hall–Kier alpha value is -1.66. The average Bonchev–Trinajstić information content (AvgIpc) is 2.88. The van der Waals surface area contributed by atoms with E-state index in [0.29, 0.717) is 0 Å². The van der Waals surface area contributed by atoms with Gasteiger partial charge >= 0.3 is 0 Å². The highest BCUT2D eigenvalue weighted by molar-refractivity contribution is 5.79. The van der Waals surface area contributed by atoms with E-state index in [1.807, 2.05) is 51.1 Å². The zero-order valence-corrected chi connectivity index (χ0v) is 21.6. The molecule has 0 aliphatic carbocycles. The fourth-order valence-electron chi connectivity index (χ4n) is 4.13. The Morgan fingerprint density at radius 1 is 1.06 bits per heavy atom. The molecule has 1 fully saturated rings. The number of hydrogen-bond donors (Lipinski definition) is 6. The molecule has 10 heteroatoms. The van der Waals surface area contributed by atoms with Crippen molar-refractivity contribution < 1.29 is 44.2 Å². The van der Waals surface area contributed by atoms with E-state index in [0.717, 1.165) is 5.56 Å². The number of halogens is 1. The number of aliphatic hydroxyl groups is 5. The van der Waals surface area contributed by atoms with Crippen LogP contribution in [0.3, 0.4) is 0 Å². The van der Waals surface area contributed by atoms with E-state index in [9.17, 15) is 34.7 Å². The van der Waals surface area contributed by atoms with Crippen LogP contribution in [0.2, 0.25) is 0 Å². The first kappa shape index (κ1) is 30.6. The summed E-state index contributed by atoms with van der Waals surface area (Å²) in [5.74, 6) is -1.30. The number of alkyl halides is 1. The third-order valence-corrected chi connectivity index (χ3v) is 7.41. The molecule has 36 heavy (non-hydrogen) atoms. The van der Waals surface area contributed by atoms with Gasteiger partial charge in [0.2, 0.25) is 5.91 Å². The van der Waals surface area contributed by atoms with Crippen LogP contribution < -0.4 is 5.32 Å².